The summed E-state index contributed by atoms with van der Waals surface area (Å²) in [7, 11) is 0. The Morgan fingerprint density at radius 2 is 1.22 bits per heavy atom. The average molecular weight is 573 g/mol. The van der Waals surface area contributed by atoms with Crippen LogP contribution in [0.4, 0.5) is 0 Å². The van der Waals surface area contributed by atoms with Gasteiger partial charge in [0.05, 0.1) is 36.6 Å². The van der Waals surface area contributed by atoms with Crippen molar-refractivity contribution < 1.29 is 38.1 Å². The molecule has 2 fully saturated rings. The van der Waals surface area contributed by atoms with E-state index < -0.39 is 11.2 Å². The number of esters is 3. The monoisotopic (exact) mass is 572 g/mol. The Morgan fingerprint density at radius 3 is 1.80 bits per heavy atom. The zero-order chi connectivity index (χ0) is 29.9. The van der Waals surface area contributed by atoms with E-state index >= 15 is 0 Å². The highest BCUT2D eigenvalue weighted by molar-refractivity contribution is 5.75. The average Bonchev–Trinajstić information content (AvgIpc) is 2.96. The van der Waals surface area contributed by atoms with Crippen LogP contribution in [0, 0.1) is 23.7 Å². The molecule has 1 aromatic carbocycles. The molecule has 0 saturated heterocycles. The van der Waals surface area contributed by atoms with Crippen LogP contribution in [0.25, 0.3) is 0 Å². The zero-order valence-corrected chi connectivity index (χ0v) is 25.2. The summed E-state index contributed by atoms with van der Waals surface area (Å²) < 4.78 is 22.9. The summed E-state index contributed by atoms with van der Waals surface area (Å²) in [5.41, 5.74) is -0.204. The SMILES string of the molecule is CC(C)(CCOC(=O)C1CCC(C(=O)OCc2ccccc2)CC1)OCCC(C)(C)OC(=O)C1CCC(C=O)CC1. The minimum absolute atomic E-state index is 0.0677. The van der Waals surface area contributed by atoms with Gasteiger partial charge in [-0.2, -0.15) is 0 Å². The van der Waals surface area contributed by atoms with Crippen molar-refractivity contribution in [2.75, 3.05) is 13.2 Å². The number of carbonyl (C=O) groups is 4. The van der Waals surface area contributed by atoms with Crippen molar-refractivity contribution in [1.82, 2.24) is 0 Å². The van der Waals surface area contributed by atoms with E-state index in [0.717, 1.165) is 24.7 Å². The van der Waals surface area contributed by atoms with Crippen LogP contribution in [0.5, 0.6) is 0 Å². The molecule has 0 bridgehead atoms. The first-order valence-corrected chi connectivity index (χ1v) is 15.2. The minimum Gasteiger partial charge on any atom is -0.465 e. The molecule has 0 amide bonds. The van der Waals surface area contributed by atoms with Crippen LogP contribution in [-0.4, -0.2) is 48.6 Å². The van der Waals surface area contributed by atoms with Gasteiger partial charge in [-0.15, -0.1) is 0 Å². The first kappa shape index (κ1) is 32.8. The summed E-state index contributed by atoms with van der Waals surface area (Å²) in [6.07, 6.45) is 7.46. The Hall–Kier alpha value is -2.74. The summed E-state index contributed by atoms with van der Waals surface area (Å²) in [5, 5.41) is 0. The first-order valence-electron chi connectivity index (χ1n) is 15.2. The fourth-order valence-electron chi connectivity index (χ4n) is 5.47. The second-order valence-corrected chi connectivity index (χ2v) is 12.8. The third-order valence-electron chi connectivity index (χ3n) is 8.44. The lowest BCUT2D eigenvalue weighted by Gasteiger charge is -2.32. The first-order chi connectivity index (χ1) is 19.5. The molecule has 0 unspecified atom stereocenters. The number of hydrogen-bond acceptors (Lipinski definition) is 8. The highest BCUT2D eigenvalue weighted by Gasteiger charge is 2.33. The number of carbonyl (C=O) groups excluding carboxylic acids is 4. The molecule has 228 valence electrons. The van der Waals surface area contributed by atoms with E-state index in [0.29, 0.717) is 58.0 Å². The summed E-state index contributed by atoms with van der Waals surface area (Å²) in [6, 6.07) is 9.61. The Balaban J connectivity index is 1.28. The van der Waals surface area contributed by atoms with Crippen LogP contribution in [0.1, 0.15) is 97.5 Å². The van der Waals surface area contributed by atoms with Gasteiger partial charge in [-0.1, -0.05) is 30.3 Å². The Kier molecular flexibility index (Phi) is 12.4. The van der Waals surface area contributed by atoms with E-state index in [-0.39, 0.29) is 54.8 Å². The Morgan fingerprint density at radius 1 is 0.707 bits per heavy atom. The molecule has 8 nitrogen and oxygen atoms in total. The maximum absolute atomic E-state index is 12.6. The van der Waals surface area contributed by atoms with Crippen LogP contribution in [0.2, 0.25) is 0 Å². The number of benzene rings is 1. The predicted molar refractivity (Wildman–Crippen MR) is 154 cm³/mol. The molecular formula is C33H48O8. The predicted octanol–water partition coefficient (Wildman–Crippen LogP) is 5.98. The Labute approximate surface area is 244 Å². The molecule has 2 saturated carbocycles. The second kappa shape index (κ2) is 15.5. The normalized spacial score (nSPS) is 23.3. The molecule has 0 atom stereocenters. The standard InChI is InChI=1S/C33H48O8/c1-32(2,40-21-19-33(3,4)41-31(37)28-12-10-24(22-34)11-13-28)18-20-38-29(35)26-14-16-27(17-15-26)30(36)39-23-25-8-6-5-7-9-25/h5-9,22,24,26-28H,10-21,23H2,1-4H3. The van der Waals surface area contributed by atoms with Crippen molar-refractivity contribution in [2.45, 2.75) is 110 Å². The van der Waals surface area contributed by atoms with E-state index in [1.165, 1.54) is 0 Å². The van der Waals surface area contributed by atoms with E-state index in [2.05, 4.69) is 0 Å². The lowest BCUT2D eigenvalue weighted by Crippen LogP contribution is -2.36. The Bertz CT molecular complexity index is 986. The number of rotatable bonds is 14. The van der Waals surface area contributed by atoms with Crippen molar-refractivity contribution in [3.8, 4) is 0 Å². The van der Waals surface area contributed by atoms with Gasteiger partial charge in [0.2, 0.25) is 0 Å². The highest BCUT2D eigenvalue weighted by Crippen LogP contribution is 2.32. The molecule has 0 N–H and O–H groups in total. The van der Waals surface area contributed by atoms with Crippen molar-refractivity contribution in [3.05, 3.63) is 35.9 Å². The van der Waals surface area contributed by atoms with E-state index in [4.69, 9.17) is 18.9 Å². The molecule has 8 heteroatoms. The van der Waals surface area contributed by atoms with Crippen molar-refractivity contribution in [1.29, 1.82) is 0 Å². The lowest BCUT2D eigenvalue weighted by atomic mass is 9.82. The third-order valence-corrected chi connectivity index (χ3v) is 8.44. The molecular weight excluding hydrogens is 524 g/mol. The van der Waals surface area contributed by atoms with Gasteiger partial charge in [-0.25, -0.2) is 0 Å². The largest absolute Gasteiger partial charge is 0.465 e. The van der Waals surface area contributed by atoms with Crippen molar-refractivity contribution in [2.24, 2.45) is 23.7 Å². The number of hydrogen-bond donors (Lipinski definition) is 0. The van der Waals surface area contributed by atoms with Gasteiger partial charge in [0.1, 0.15) is 18.5 Å². The topological polar surface area (TPSA) is 105 Å². The maximum Gasteiger partial charge on any atom is 0.309 e. The zero-order valence-electron chi connectivity index (χ0n) is 25.2. The van der Waals surface area contributed by atoms with Gasteiger partial charge in [-0.3, -0.25) is 14.4 Å². The van der Waals surface area contributed by atoms with Crippen molar-refractivity contribution >= 4 is 24.2 Å². The fraction of sp³-hybridized carbons (Fsp3) is 0.697. The van der Waals surface area contributed by atoms with Gasteiger partial charge in [-0.05, 0) is 84.6 Å². The van der Waals surface area contributed by atoms with Gasteiger partial charge in [0, 0.05) is 18.8 Å². The van der Waals surface area contributed by atoms with E-state index in [9.17, 15) is 19.2 Å². The molecule has 41 heavy (non-hydrogen) atoms. The highest BCUT2D eigenvalue weighted by atomic mass is 16.6. The molecule has 0 radical (unpaired) electrons. The fourth-order valence-corrected chi connectivity index (χ4v) is 5.47. The number of aldehydes is 1. The van der Waals surface area contributed by atoms with Gasteiger partial charge in [0.25, 0.3) is 0 Å². The van der Waals surface area contributed by atoms with Crippen LogP contribution in [-0.2, 0) is 44.7 Å². The third kappa shape index (κ3) is 11.2. The summed E-state index contributed by atoms with van der Waals surface area (Å²) in [6.45, 7) is 8.62. The van der Waals surface area contributed by atoms with Crippen LogP contribution in [0.3, 0.4) is 0 Å². The molecule has 3 rings (SSSR count). The summed E-state index contributed by atoms with van der Waals surface area (Å²) in [5.74, 6) is -1.04. The molecule has 0 aliphatic heterocycles. The maximum atomic E-state index is 12.6. The molecule has 2 aliphatic carbocycles. The number of ether oxygens (including phenoxy) is 4. The van der Waals surface area contributed by atoms with Gasteiger partial charge >= 0.3 is 17.9 Å². The molecule has 2 aliphatic rings. The lowest BCUT2D eigenvalue weighted by molar-refractivity contribution is -0.166. The molecule has 0 spiro atoms. The summed E-state index contributed by atoms with van der Waals surface area (Å²) >= 11 is 0. The quantitative estimate of drug-likeness (QED) is 0.152. The molecule has 1 aromatic rings. The van der Waals surface area contributed by atoms with Crippen LogP contribution >= 0.6 is 0 Å². The van der Waals surface area contributed by atoms with Crippen molar-refractivity contribution in [3.63, 3.8) is 0 Å². The summed E-state index contributed by atoms with van der Waals surface area (Å²) in [4.78, 5) is 48.6. The van der Waals surface area contributed by atoms with Crippen LogP contribution in [0.15, 0.2) is 30.3 Å². The minimum atomic E-state index is -0.659. The van der Waals surface area contributed by atoms with Crippen LogP contribution < -0.4 is 0 Å². The molecule has 0 heterocycles. The second-order valence-electron chi connectivity index (χ2n) is 12.8. The van der Waals surface area contributed by atoms with E-state index in [1.807, 2.05) is 58.0 Å². The van der Waals surface area contributed by atoms with Gasteiger partial charge < -0.3 is 23.7 Å². The smallest absolute Gasteiger partial charge is 0.309 e. The molecule has 0 aromatic heterocycles. The van der Waals surface area contributed by atoms with E-state index in [1.54, 1.807) is 0 Å². The van der Waals surface area contributed by atoms with Gasteiger partial charge in [0.15, 0.2) is 0 Å².